The van der Waals surface area contributed by atoms with E-state index in [0.29, 0.717) is 0 Å². The van der Waals surface area contributed by atoms with E-state index in [1.165, 1.54) is 31.7 Å². The fourth-order valence-electron chi connectivity index (χ4n) is 2.80. The summed E-state index contributed by atoms with van der Waals surface area (Å²) in [5, 5.41) is 0.168. The molecule has 0 bridgehead atoms. The van der Waals surface area contributed by atoms with Crippen molar-refractivity contribution in [2.24, 2.45) is 0 Å². The molecule has 1 N–H and O–H groups in total. The summed E-state index contributed by atoms with van der Waals surface area (Å²) < 4.78 is 32.5. The van der Waals surface area contributed by atoms with Crippen LogP contribution in [0.2, 0.25) is 5.02 Å². The Morgan fingerprint density at radius 2 is 1.78 bits per heavy atom. The third-order valence-electron chi connectivity index (χ3n) is 4.08. The minimum absolute atomic E-state index is 0.0318. The summed E-state index contributed by atoms with van der Waals surface area (Å²) in [4.78, 5) is 11.7. The summed E-state index contributed by atoms with van der Waals surface area (Å²) in [6.07, 6.45) is 7.26. The van der Waals surface area contributed by atoms with E-state index in [9.17, 15) is 13.2 Å². The second-order valence-corrected chi connectivity index (χ2v) is 7.92. The minimum atomic E-state index is -3.69. The average Bonchev–Trinajstić information content (AvgIpc) is 2.49. The SMILES string of the molecule is COC(=O)c1cc(S(=O)(=O)NC2CCCCCCC2)ccc1Cl. The standard InChI is InChI=1S/C16H22ClNO4S/c1-22-16(19)14-11-13(9-10-15(14)17)23(20,21)18-12-7-5-3-2-4-6-8-12/h9-12,18H,2-8H2,1H3. The third-order valence-corrected chi connectivity index (χ3v) is 5.93. The lowest BCUT2D eigenvalue weighted by Crippen LogP contribution is -2.35. The van der Waals surface area contributed by atoms with Crippen molar-refractivity contribution in [1.82, 2.24) is 4.72 Å². The van der Waals surface area contributed by atoms with Crippen molar-refractivity contribution < 1.29 is 17.9 Å². The van der Waals surface area contributed by atoms with Crippen LogP contribution in [0.25, 0.3) is 0 Å². The number of halogens is 1. The highest BCUT2D eigenvalue weighted by Gasteiger charge is 2.23. The molecule has 0 unspecified atom stereocenters. The first-order valence-corrected chi connectivity index (χ1v) is 9.70. The summed E-state index contributed by atoms with van der Waals surface area (Å²) in [6.45, 7) is 0. The number of hydrogen-bond donors (Lipinski definition) is 1. The number of esters is 1. The van der Waals surface area contributed by atoms with Gasteiger partial charge in [0.1, 0.15) is 0 Å². The Kier molecular flexibility index (Phi) is 6.44. The molecule has 1 aliphatic rings. The molecule has 23 heavy (non-hydrogen) atoms. The summed E-state index contributed by atoms with van der Waals surface area (Å²) in [5.41, 5.74) is 0.0507. The lowest BCUT2D eigenvalue weighted by Gasteiger charge is -2.21. The van der Waals surface area contributed by atoms with Crippen molar-refractivity contribution in [1.29, 1.82) is 0 Å². The van der Waals surface area contributed by atoms with Gasteiger partial charge in [-0.3, -0.25) is 0 Å². The Bertz CT molecular complexity index is 652. The molecule has 1 fully saturated rings. The Balaban J connectivity index is 2.19. The number of hydrogen-bond acceptors (Lipinski definition) is 4. The zero-order valence-electron chi connectivity index (χ0n) is 13.2. The molecule has 0 saturated heterocycles. The lowest BCUT2D eigenvalue weighted by atomic mass is 9.97. The summed E-state index contributed by atoms with van der Waals surface area (Å²) in [5.74, 6) is -0.655. The monoisotopic (exact) mass is 359 g/mol. The largest absolute Gasteiger partial charge is 0.465 e. The van der Waals surface area contributed by atoms with E-state index in [1.807, 2.05) is 0 Å². The van der Waals surface area contributed by atoms with E-state index in [2.05, 4.69) is 9.46 Å². The van der Waals surface area contributed by atoms with Crippen LogP contribution in [0.5, 0.6) is 0 Å². The van der Waals surface area contributed by atoms with Crippen molar-refractivity contribution >= 4 is 27.6 Å². The highest BCUT2D eigenvalue weighted by molar-refractivity contribution is 7.89. The first-order chi connectivity index (χ1) is 10.9. The molecule has 0 heterocycles. The molecule has 0 radical (unpaired) electrons. The second-order valence-electron chi connectivity index (χ2n) is 5.80. The van der Waals surface area contributed by atoms with Gasteiger partial charge in [0.15, 0.2) is 0 Å². The minimum Gasteiger partial charge on any atom is -0.465 e. The van der Waals surface area contributed by atoms with Crippen molar-refractivity contribution in [2.75, 3.05) is 7.11 Å². The van der Waals surface area contributed by atoms with Gasteiger partial charge < -0.3 is 4.74 Å². The third kappa shape index (κ3) is 4.93. The number of methoxy groups -OCH3 is 1. The molecule has 0 atom stereocenters. The number of carbonyl (C=O) groups is 1. The number of ether oxygens (including phenoxy) is 1. The molecular formula is C16H22ClNO4S. The predicted octanol–water partition coefficient (Wildman–Crippen LogP) is 3.52. The topological polar surface area (TPSA) is 72.5 Å². The van der Waals surface area contributed by atoms with Gasteiger partial charge in [0.05, 0.1) is 22.6 Å². The molecule has 0 aliphatic heterocycles. The maximum Gasteiger partial charge on any atom is 0.339 e. The highest BCUT2D eigenvalue weighted by Crippen LogP contribution is 2.23. The fraction of sp³-hybridized carbons (Fsp3) is 0.562. The summed E-state index contributed by atoms with van der Waals surface area (Å²) >= 11 is 5.94. The molecule has 2 rings (SSSR count). The summed E-state index contributed by atoms with van der Waals surface area (Å²) in [7, 11) is -2.46. The van der Waals surface area contributed by atoms with Crippen LogP contribution in [0.15, 0.2) is 23.1 Å². The van der Waals surface area contributed by atoms with Crippen molar-refractivity contribution in [2.45, 2.75) is 55.9 Å². The Morgan fingerprint density at radius 1 is 1.17 bits per heavy atom. The maximum absolute atomic E-state index is 12.6. The van der Waals surface area contributed by atoms with Crippen LogP contribution in [0, 0.1) is 0 Å². The first kappa shape index (κ1) is 18.2. The van der Waals surface area contributed by atoms with Crippen LogP contribution in [0.3, 0.4) is 0 Å². The van der Waals surface area contributed by atoms with Gasteiger partial charge in [-0.15, -0.1) is 0 Å². The molecule has 1 aliphatic carbocycles. The molecule has 1 saturated carbocycles. The number of rotatable bonds is 4. The van der Waals surface area contributed by atoms with Crippen molar-refractivity contribution in [3.8, 4) is 0 Å². The highest BCUT2D eigenvalue weighted by atomic mass is 35.5. The number of carbonyl (C=O) groups excluding carboxylic acids is 1. The Labute approximate surface area is 142 Å². The molecule has 0 spiro atoms. The van der Waals surface area contributed by atoms with Crippen LogP contribution < -0.4 is 4.72 Å². The van der Waals surface area contributed by atoms with Crippen LogP contribution in [0.1, 0.15) is 55.3 Å². The zero-order valence-corrected chi connectivity index (χ0v) is 14.8. The van der Waals surface area contributed by atoms with Crippen molar-refractivity contribution in [3.63, 3.8) is 0 Å². The van der Waals surface area contributed by atoms with Gasteiger partial charge >= 0.3 is 5.97 Å². The van der Waals surface area contributed by atoms with Crippen molar-refractivity contribution in [3.05, 3.63) is 28.8 Å². The first-order valence-electron chi connectivity index (χ1n) is 7.84. The Hall–Kier alpha value is -1.11. The Morgan fingerprint density at radius 3 is 2.39 bits per heavy atom. The van der Waals surface area contributed by atoms with Gasteiger partial charge in [0, 0.05) is 6.04 Å². The second kappa shape index (κ2) is 8.13. The quantitative estimate of drug-likeness (QED) is 0.835. The fourth-order valence-corrected chi connectivity index (χ4v) is 4.32. The molecular weight excluding hydrogens is 338 g/mol. The van der Waals surface area contributed by atoms with Crippen LogP contribution in [0.4, 0.5) is 0 Å². The number of benzene rings is 1. The van der Waals surface area contributed by atoms with Gasteiger partial charge in [-0.05, 0) is 31.0 Å². The molecule has 0 amide bonds. The van der Waals surface area contributed by atoms with Gasteiger partial charge in [0.2, 0.25) is 10.0 Å². The van der Waals surface area contributed by atoms with E-state index >= 15 is 0 Å². The zero-order chi connectivity index (χ0) is 16.9. The van der Waals surface area contributed by atoms with E-state index in [-0.39, 0.29) is 21.5 Å². The molecule has 7 heteroatoms. The van der Waals surface area contributed by atoms with E-state index in [4.69, 9.17) is 11.6 Å². The summed E-state index contributed by atoms with van der Waals surface area (Å²) in [6, 6.07) is 4.01. The lowest BCUT2D eigenvalue weighted by molar-refractivity contribution is 0.0600. The van der Waals surface area contributed by atoms with Gasteiger partial charge in [-0.1, -0.05) is 43.7 Å². The molecule has 128 valence electrons. The van der Waals surface area contributed by atoms with Gasteiger partial charge in [-0.25, -0.2) is 17.9 Å². The number of nitrogens with one attached hydrogen (secondary N) is 1. The molecule has 0 aromatic heterocycles. The number of sulfonamides is 1. The van der Waals surface area contributed by atoms with E-state index in [0.717, 1.165) is 38.5 Å². The van der Waals surface area contributed by atoms with Crippen LogP contribution in [-0.2, 0) is 14.8 Å². The maximum atomic E-state index is 12.6. The molecule has 1 aromatic carbocycles. The normalized spacial score (nSPS) is 17.3. The smallest absolute Gasteiger partial charge is 0.339 e. The molecule has 1 aromatic rings. The van der Waals surface area contributed by atoms with Gasteiger partial charge in [0.25, 0.3) is 0 Å². The molecule has 5 nitrogen and oxygen atoms in total. The van der Waals surface area contributed by atoms with Crippen LogP contribution >= 0.6 is 11.6 Å². The van der Waals surface area contributed by atoms with E-state index in [1.54, 1.807) is 0 Å². The average molecular weight is 360 g/mol. The predicted molar refractivity (Wildman–Crippen MR) is 89.2 cm³/mol. The van der Waals surface area contributed by atoms with Crippen LogP contribution in [-0.4, -0.2) is 27.5 Å². The van der Waals surface area contributed by atoms with Gasteiger partial charge in [-0.2, -0.15) is 0 Å². The van der Waals surface area contributed by atoms with E-state index < -0.39 is 16.0 Å².